The highest BCUT2D eigenvalue weighted by Crippen LogP contribution is 2.35. The third-order valence-corrected chi connectivity index (χ3v) is 4.51. The summed E-state index contributed by atoms with van der Waals surface area (Å²) in [5.74, 6) is 2.09. The molecule has 3 aromatic rings. The van der Waals surface area contributed by atoms with E-state index in [1.807, 2.05) is 66.7 Å². The molecular weight excluding hydrogens is 364 g/mol. The van der Waals surface area contributed by atoms with Gasteiger partial charge in [-0.1, -0.05) is 48.5 Å². The predicted molar refractivity (Wildman–Crippen MR) is 113 cm³/mol. The van der Waals surface area contributed by atoms with Crippen LogP contribution in [0.3, 0.4) is 0 Å². The summed E-state index contributed by atoms with van der Waals surface area (Å²) >= 11 is 0. The molecule has 0 aromatic heterocycles. The van der Waals surface area contributed by atoms with Crippen LogP contribution in [-0.4, -0.2) is 19.5 Å². The summed E-state index contributed by atoms with van der Waals surface area (Å²) in [6.45, 7) is 0.427. The molecule has 0 saturated heterocycles. The molecule has 144 valence electrons. The number of benzene rings is 3. The zero-order valence-corrected chi connectivity index (χ0v) is 16.0. The summed E-state index contributed by atoms with van der Waals surface area (Å²) < 4.78 is 16.7. The first kappa shape index (κ1) is 18.6. The third-order valence-electron chi connectivity index (χ3n) is 4.51. The molecule has 0 N–H and O–H groups in total. The van der Waals surface area contributed by atoms with Crippen molar-refractivity contribution in [3.63, 3.8) is 0 Å². The number of hydrogen-bond donors (Lipinski definition) is 0. The average molecular weight is 384 g/mol. The Morgan fingerprint density at radius 2 is 1.66 bits per heavy atom. The molecule has 1 aliphatic heterocycles. The van der Waals surface area contributed by atoms with Gasteiger partial charge in [0.15, 0.2) is 5.76 Å². The molecule has 4 heteroatoms. The van der Waals surface area contributed by atoms with Gasteiger partial charge in [0.1, 0.15) is 23.9 Å². The van der Waals surface area contributed by atoms with Crippen LogP contribution in [0.15, 0.2) is 84.6 Å². The van der Waals surface area contributed by atoms with Gasteiger partial charge in [0.05, 0.1) is 12.7 Å². The first-order valence-electron chi connectivity index (χ1n) is 9.30. The Labute approximate surface area is 169 Å². The third kappa shape index (κ3) is 4.38. The number of Topliss-reactive ketones (excluding diaryl/α,β-unsaturated/α-hetero) is 1. The largest absolute Gasteiger partial charge is 0.497 e. The van der Waals surface area contributed by atoms with Gasteiger partial charge in [0.2, 0.25) is 5.78 Å². The summed E-state index contributed by atoms with van der Waals surface area (Å²) in [7, 11) is 1.62. The molecule has 0 atom stereocenters. The summed E-state index contributed by atoms with van der Waals surface area (Å²) in [5, 5.41) is 0. The number of rotatable bonds is 6. The quantitative estimate of drug-likeness (QED) is 0.534. The lowest BCUT2D eigenvalue weighted by Crippen LogP contribution is -1.98. The number of hydrogen-bond acceptors (Lipinski definition) is 4. The first-order chi connectivity index (χ1) is 14.2. The van der Waals surface area contributed by atoms with Crippen LogP contribution in [0, 0.1) is 0 Å². The molecule has 1 heterocycles. The molecule has 0 aliphatic carbocycles. The Bertz CT molecular complexity index is 1060. The van der Waals surface area contributed by atoms with E-state index >= 15 is 0 Å². The van der Waals surface area contributed by atoms with Crippen LogP contribution in [0.1, 0.15) is 21.5 Å². The van der Waals surface area contributed by atoms with Crippen LogP contribution < -0.4 is 14.2 Å². The summed E-state index contributed by atoms with van der Waals surface area (Å²) in [6.07, 6.45) is 5.68. The van der Waals surface area contributed by atoms with E-state index in [0.717, 1.165) is 16.9 Å². The Balaban J connectivity index is 1.42. The predicted octanol–water partition coefficient (Wildman–Crippen LogP) is 5.40. The van der Waals surface area contributed by atoms with Crippen molar-refractivity contribution >= 4 is 17.9 Å². The smallest absolute Gasteiger partial charge is 0.231 e. The molecule has 0 fully saturated rings. The normalized spacial score (nSPS) is 14.1. The number of fused-ring (bicyclic) bond motifs is 1. The van der Waals surface area contributed by atoms with Gasteiger partial charge in [-0.05, 0) is 47.5 Å². The van der Waals surface area contributed by atoms with Crippen molar-refractivity contribution in [1.29, 1.82) is 0 Å². The standard InChI is InChI=1S/C25H20O4/c1-27-20-11-9-19(10-12-20)16-24-25(26)22-14-13-21(17-23(22)29-24)28-15-5-8-18-6-3-2-4-7-18/h2-14,16-17H,15H2,1H3. The number of ether oxygens (including phenoxy) is 3. The van der Waals surface area contributed by atoms with Crippen LogP contribution in [0.5, 0.6) is 17.2 Å². The summed E-state index contributed by atoms with van der Waals surface area (Å²) in [6, 6.07) is 22.7. The number of allylic oxidation sites excluding steroid dienone is 1. The average Bonchev–Trinajstić information content (AvgIpc) is 3.07. The van der Waals surface area contributed by atoms with Gasteiger partial charge in [0, 0.05) is 6.07 Å². The van der Waals surface area contributed by atoms with Crippen molar-refractivity contribution in [2.24, 2.45) is 0 Å². The minimum absolute atomic E-state index is 0.133. The van der Waals surface area contributed by atoms with Gasteiger partial charge in [-0.2, -0.15) is 0 Å². The molecule has 1 aliphatic rings. The van der Waals surface area contributed by atoms with Crippen molar-refractivity contribution in [3.8, 4) is 17.2 Å². The molecule has 0 unspecified atom stereocenters. The van der Waals surface area contributed by atoms with E-state index < -0.39 is 0 Å². The molecule has 3 aromatic carbocycles. The van der Waals surface area contributed by atoms with Gasteiger partial charge in [-0.3, -0.25) is 4.79 Å². The van der Waals surface area contributed by atoms with Crippen molar-refractivity contribution in [1.82, 2.24) is 0 Å². The lowest BCUT2D eigenvalue weighted by atomic mass is 10.1. The van der Waals surface area contributed by atoms with Crippen LogP contribution in [0.2, 0.25) is 0 Å². The van der Waals surface area contributed by atoms with E-state index in [2.05, 4.69) is 0 Å². The Kier molecular flexibility index (Phi) is 5.43. The van der Waals surface area contributed by atoms with Gasteiger partial charge >= 0.3 is 0 Å². The zero-order chi connectivity index (χ0) is 20.1. The molecule has 0 saturated carbocycles. The SMILES string of the molecule is COc1ccc(C=C2Oc3cc(OCC=Cc4ccccc4)ccc3C2=O)cc1. The molecule has 0 radical (unpaired) electrons. The molecule has 0 bridgehead atoms. The topological polar surface area (TPSA) is 44.8 Å². The maximum Gasteiger partial charge on any atom is 0.231 e. The minimum Gasteiger partial charge on any atom is -0.497 e. The van der Waals surface area contributed by atoms with Crippen LogP contribution >= 0.6 is 0 Å². The summed E-state index contributed by atoms with van der Waals surface area (Å²) in [4.78, 5) is 12.6. The van der Waals surface area contributed by atoms with E-state index in [9.17, 15) is 4.79 Å². The molecule has 0 spiro atoms. The van der Waals surface area contributed by atoms with E-state index in [-0.39, 0.29) is 5.78 Å². The Hall–Kier alpha value is -3.79. The Morgan fingerprint density at radius 1 is 0.897 bits per heavy atom. The van der Waals surface area contributed by atoms with E-state index in [0.29, 0.717) is 29.4 Å². The first-order valence-corrected chi connectivity index (χ1v) is 9.30. The second-order valence-electron chi connectivity index (χ2n) is 6.49. The van der Waals surface area contributed by atoms with Gasteiger partial charge < -0.3 is 14.2 Å². The van der Waals surface area contributed by atoms with Gasteiger partial charge in [-0.25, -0.2) is 0 Å². The molecular formula is C25H20O4. The van der Waals surface area contributed by atoms with E-state index in [4.69, 9.17) is 14.2 Å². The molecule has 4 rings (SSSR count). The van der Waals surface area contributed by atoms with Crippen LogP contribution in [0.25, 0.3) is 12.2 Å². The monoisotopic (exact) mass is 384 g/mol. The van der Waals surface area contributed by atoms with Crippen molar-refractivity contribution in [3.05, 3.63) is 101 Å². The van der Waals surface area contributed by atoms with Crippen molar-refractivity contribution in [2.75, 3.05) is 13.7 Å². The fourth-order valence-corrected chi connectivity index (χ4v) is 3.00. The van der Waals surface area contributed by atoms with E-state index in [1.54, 1.807) is 31.4 Å². The number of methoxy groups -OCH3 is 1. The lowest BCUT2D eigenvalue weighted by molar-refractivity contribution is 0.101. The van der Waals surface area contributed by atoms with E-state index in [1.165, 1.54) is 0 Å². The van der Waals surface area contributed by atoms with Gasteiger partial charge in [-0.15, -0.1) is 0 Å². The number of carbonyl (C=O) groups excluding carboxylic acids is 1. The molecule has 29 heavy (non-hydrogen) atoms. The second kappa shape index (κ2) is 8.48. The van der Waals surface area contributed by atoms with Crippen molar-refractivity contribution < 1.29 is 19.0 Å². The fourth-order valence-electron chi connectivity index (χ4n) is 3.00. The zero-order valence-electron chi connectivity index (χ0n) is 16.0. The van der Waals surface area contributed by atoms with Gasteiger partial charge in [0.25, 0.3) is 0 Å². The fraction of sp³-hybridized carbons (Fsp3) is 0.0800. The molecule has 0 amide bonds. The number of ketones is 1. The molecule has 4 nitrogen and oxygen atoms in total. The van der Waals surface area contributed by atoms with Crippen LogP contribution in [0.4, 0.5) is 0 Å². The maximum atomic E-state index is 12.6. The maximum absolute atomic E-state index is 12.6. The van der Waals surface area contributed by atoms with Crippen molar-refractivity contribution in [2.45, 2.75) is 0 Å². The lowest BCUT2D eigenvalue weighted by Gasteiger charge is -2.05. The highest BCUT2D eigenvalue weighted by Gasteiger charge is 2.27. The highest BCUT2D eigenvalue weighted by atomic mass is 16.5. The summed E-state index contributed by atoms with van der Waals surface area (Å²) in [5.41, 5.74) is 2.52. The number of carbonyl (C=O) groups is 1. The second-order valence-corrected chi connectivity index (χ2v) is 6.49. The minimum atomic E-state index is -0.133. The Morgan fingerprint density at radius 3 is 2.41 bits per heavy atom. The van der Waals surface area contributed by atoms with Crippen LogP contribution in [-0.2, 0) is 0 Å². The highest BCUT2D eigenvalue weighted by molar-refractivity contribution is 6.14.